The molecule has 2 aliphatic rings. The maximum absolute atomic E-state index is 12.5. The highest BCUT2D eigenvalue weighted by Crippen LogP contribution is 2.48. The zero-order valence-electron chi connectivity index (χ0n) is 14.2. The molecule has 0 aromatic heterocycles. The minimum atomic E-state index is -0.506. The lowest BCUT2D eigenvalue weighted by Crippen LogP contribution is -2.47. The van der Waals surface area contributed by atoms with Gasteiger partial charge in [-0.15, -0.1) is 0 Å². The van der Waals surface area contributed by atoms with Crippen LogP contribution in [0.25, 0.3) is 0 Å². The Morgan fingerprint density at radius 2 is 2.08 bits per heavy atom. The molecule has 1 aliphatic carbocycles. The lowest BCUT2D eigenvalue weighted by atomic mass is 10.1. The van der Waals surface area contributed by atoms with Gasteiger partial charge in [0.25, 0.3) is 5.91 Å². The molecule has 0 bridgehead atoms. The molecule has 24 heavy (non-hydrogen) atoms. The average molecular weight is 395 g/mol. The molecule has 1 heterocycles. The van der Waals surface area contributed by atoms with Gasteiger partial charge in [-0.1, -0.05) is 22.0 Å². The van der Waals surface area contributed by atoms with Crippen LogP contribution in [0.15, 0.2) is 28.7 Å². The van der Waals surface area contributed by atoms with E-state index >= 15 is 0 Å². The van der Waals surface area contributed by atoms with Gasteiger partial charge in [-0.3, -0.25) is 4.79 Å². The zero-order valence-corrected chi connectivity index (χ0v) is 15.8. The van der Waals surface area contributed by atoms with Crippen molar-refractivity contribution >= 4 is 27.9 Å². The molecule has 130 valence electrons. The monoisotopic (exact) mass is 394 g/mol. The molecule has 5 nitrogen and oxygen atoms in total. The number of likely N-dealkylation sites (tertiary alicyclic amines) is 1. The van der Waals surface area contributed by atoms with Gasteiger partial charge in [-0.2, -0.15) is 0 Å². The van der Waals surface area contributed by atoms with E-state index < -0.39 is 5.60 Å². The van der Waals surface area contributed by atoms with Crippen molar-refractivity contribution in [1.29, 1.82) is 0 Å². The van der Waals surface area contributed by atoms with Crippen molar-refractivity contribution in [3.8, 4) is 0 Å². The second-order valence-corrected chi connectivity index (χ2v) is 8.48. The molecule has 0 radical (unpaired) electrons. The van der Waals surface area contributed by atoms with E-state index in [4.69, 9.17) is 4.74 Å². The predicted octanol–water partition coefficient (Wildman–Crippen LogP) is 3.58. The van der Waals surface area contributed by atoms with Crippen LogP contribution in [0.3, 0.4) is 0 Å². The van der Waals surface area contributed by atoms with Crippen molar-refractivity contribution in [2.75, 3.05) is 6.54 Å². The van der Waals surface area contributed by atoms with E-state index in [0.29, 0.717) is 18.0 Å². The molecular weight excluding hydrogens is 372 g/mol. The fourth-order valence-corrected chi connectivity index (χ4v) is 3.68. The normalized spacial score (nSPS) is 25.2. The van der Waals surface area contributed by atoms with Gasteiger partial charge in [0, 0.05) is 22.6 Å². The highest BCUT2D eigenvalue weighted by atomic mass is 79.9. The molecule has 1 aromatic rings. The summed E-state index contributed by atoms with van der Waals surface area (Å²) in [6, 6.07) is 7.57. The SMILES string of the molecule is CC(C)(C)OC(=O)N1C(CNC(=O)c2cccc(Br)c2)CC2CC21. The summed E-state index contributed by atoms with van der Waals surface area (Å²) in [5.74, 6) is 0.436. The molecule has 1 saturated carbocycles. The Hall–Kier alpha value is -1.56. The minimum absolute atomic E-state index is 0.0136. The van der Waals surface area contributed by atoms with Crippen molar-refractivity contribution in [2.45, 2.75) is 51.3 Å². The Labute approximate surface area is 150 Å². The first-order valence-electron chi connectivity index (χ1n) is 8.29. The van der Waals surface area contributed by atoms with Gasteiger partial charge < -0.3 is 15.0 Å². The highest BCUT2D eigenvalue weighted by Gasteiger charge is 2.54. The van der Waals surface area contributed by atoms with E-state index in [1.165, 1.54) is 0 Å². The van der Waals surface area contributed by atoms with Crippen LogP contribution in [0, 0.1) is 5.92 Å². The number of carbonyl (C=O) groups is 2. The van der Waals surface area contributed by atoms with Crippen LogP contribution in [0.4, 0.5) is 4.79 Å². The maximum Gasteiger partial charge on any atom is 0.410 e. The van der Waals surface area contributed by atoms with Gasteiger partial charge >= 0.3 is 6.09 Å². The van der Waals surface area contributed by atoms with E-state index in [9.17, 15) is 9.59 Å². The number of rotatable bonds is 3. The van der Waals surface area contributed by atoms with E-state index in [-0.39, 0.29) is 24.1 Å². The molecule has 0 spiro atoms. The molecule has 2 amide bonds. The topological polar surface area (TPSA) is 58.6 Å². The number of piperidine rings is 1. The highest BCUT2D eigenvalue weighted by molar-refractivity contribution is 9.10. The fourth-order valence-electron chi connectivity index (χ4n) is 3.28. The van der Waals surface area contributed by atoms with Gasteiger partial charge in [0.15, 0.2) is 0 Å². The predicted molar refractivity (Wildman–Crippen MR) is 94.8 cm³/mol. The molecular formula is C18H23BrN2O3. The summed E-state index contributed by atoms with van der Waals surface area (Å²) in [6.45, 7) is 6.07. The average Bonchev–Trinajstić information content (AvgIpc) is 3.13. The van der Waals surface area contributed by atoms with Crippen molar-refractivity contribution in [1.82, 2.24) is 10.2 Å². The number of nitrogens with zero attached hydrogens (tertiary/aromatic N) is 1. The third-order valence-electron chi connectivity index (χ3n) is 4.40. The van der Waals surface area contributed by atoms with Crippen LogP contribution in [0.1, 0.15) is 44.0 Å². The van der Waals surface area contributed by atoms with Crippen LogP contribution in [-0.4, -0.2) is 41.1 Å². The van der Waals surface area contributed by atoms with Crippen molar-refractivity contribution in [3.63, 3.8) is 0 Å². The molecule has 3 rings (SSSR count). The van der Waals surface area contributed by atoms with E-state index in [2.05, 4.69) is 21.2 Å². The molecule has 1 saturated heterocycles. The summed E-state index contributed by atoms with van der Waals surface area (Å²) < 4.78 is 6.39. The standard InChI is InChI=1S/C18H23BrN2O3/c1-18(2,3)24-17(23)21-14(8-12-9-15(12)21)10-20-16(22)11-5-4-6-13(19)7-11/h4-7,12,14-15H,8-10H2,1-3H3,(H,20,22). The summed E-state index contributed by atoms with van der Waals surface area (Å²) in [5, 5.41) is 2.95. The Morgan fingerprint density at radius 1 is 1.33 bits per heavy atom. The first-order valence-corrected chi connectivity index (χ1v) is 9.09. The first-order chi connectivity index (χ1) is 11.2. The van der Waals surface area contributed by atoms with Crippen LogP contribution >= 0.6 is 15.9 Å². The van der Waals surface area contributed by atoms with Crippen LogP contribution in [0.2, 0.25) is 0 Å². The van der Waals surface area contributed by atoms with E-state index in [1.54, 1.807) is 12.1 Å². The Morgan fingerprint density at radius 3 is 2.75 bits per heavy atom. The van der Waals surface area contributed by atoms with Crippen molar-refractivity contribution < 1.29 is 14.3 Å². The van der Waals surface area contributed by atoms with Gasteiger partial charge in [0.05, 0.1) is 6.04 Å². The lowest BCUT2D eigenvalue weighted by molar-refractivity contribution is 0.0183. The number of hydrogen-bond acceptors (Lipinski definition) is 3. The number of amides is 2. The first kappa shape index (κ1) is 17.3. The number of benzene rings is 1. The Balaban J connectivity index is 1.60. The summed E-state index contributed by atoms with van der Waals surface area (Å²) >= 11 is 3.37. The second-order valence-electron chi connectivity index (χ2n) is 7.56. The maximum atomic E-state index is 12.5. The smallest absolute Gasteiger partial charge is 0.410 e. The minimum Gasteiger partial charge on any atom is -0.444 e. The fraction of sp³-hybridized carbons (Fsp3) is 0.556. The summed E-state index contributed by atoms with van der Waals surface area (Å²) in [5.41, 5.74) is 0.102. The number of halogens is 1. The van der Waals surface area contributed by atoms with Gasteiger partial charge in [0.1, 0.15) is 5.60 Å². The molecule has 2 fully saturated rings. The third-order valence-corrected chi connectivity index (χ3v) is 4.89. The van der Waals surface area contributed by atoms with Gasteiger partial charge in [-0.05, 0) is 57.7 Å². The summed E-state index contributed by atoms with van der Waals surface area (Å²) in [7, 11) is 0. The molecule has 3 unspecified atom stereocenters. The number of fused-ring (bicyclic) bond motifs is 1. The second kappa shape index (κ2) is 6.39. The van der Waals surface area contributed by atoms with Crippen LogP contribution < -0.4 is 5.32 Å². The molecule has 6 heteroatoms. The van der Waals surface area contributed by atoms with Gasteiger partial charge in [0.2, 0.25) is 0 Å². The number of carbonyl (C=O) groups excluding carboxylic acids is 2. The third kappa shape index (κ3) is 3.91. The van der Waals surface area contributed by atoms with Crippen molar-refractivity contribution in [2.24, 2.45) is 5.92 Å². The zero-order chi connectivity index (χ0) is 17.5. The van der Waals surface area contributed by atoms with Gasteiger partial charge in [-0.25, -0.2) is 4.79 Å². The summed E-state index contributed by atoms with van der Waals surface area (Å²) in [4.78, 5) is 26.6. The van der Waals surface area contributed by atoms with Crippen molar-refractivity contribution in [3.05, 3.63) is 34.3 Å². The largest absolute Gasteiger partial charge is 0.444 e. The number of hydrogen-bond donors (Lipinski definition) is 1. The van der Waals surface area contributed by atoms with Crippen LogP contribution in [0.5, 0.6) is 0 Å². The summed E-state index contributed by atoms with van der Waals surface area (Å²) in [6.07, 6.45) is 1.71. The number of nitrogens with one attached hydrogen (secondary N) is 1. The molecule has 1 aliphatic heterocycles. The number of ether oxygens (including phenoxy) is 1. The molecule has 3 atom stereocenters. The van der Waals surface area contributed by atoms with E-state index in [0.717, 1.165) is 17.3 Å². The van der Waals surface area contributed by atoms with Crippen LogP contribution in [-0.2, 0) is 4.74 Å². The Bertz CT molecular complexity index is 656. The van der Waals surface area contributed by atoms with E-state index in [1.807, 2.05) is 37.8 Å². The quantitative estimate of drug-likeness (QED) is 0.851. The molecule has 1 N–H and O–H groups in total. The lowest BCUT2D eigenvalue weighted by Gasteiger charge is -2.30. The molecule has 1 aromatic carbocycles. The Kier molecular flexibility index (Phi) is 4.60.